The van der Waals surface area contributed by atoms with Crippen LogP contribution < -0.4 is 10.5 Å². The summed E-state index contributed by atoms with van der Waals surface area (Å²) >= 11 is 9.01. The zero-order valence-electron chi connectivity index (χ0n) is 6.80. The highest BCUT2D eigenvalue weighted by atomic mass is 79.9. The number of hydrogen-bond donors (Lipinski definition) is 1. The average Bonchev–Trinajstić information content (AvgIpc) is 2.02. The van der Waals surface area contributed by atoms with Gasteiger partial charge in [-0.1, -0.05) is 27.5 Å². The van der Waals surface area contributed by atoms with Crippen LogP contribution in [0.15, 0.2) is 16.6 Å². The van der Waals surface area contributed by atoms with Gasteiger partial charge in [0.15, 0.2) is 0 Å². The number of ether oxygens (including phenoxy) is 1. The average molecular weight is 265 g/mol. The Balaban J connectivity index is 3.38. The Bertz CT molecular complexity index is 354. The molecule has 0 radical (unpaired) electrons. The Morgan fingerprint density at radius 2 is 2.23 bits per heavy atom. The minimum Gasteiger partial charge on any atom is -0.494 e. The Morgan fingerprint density at radius 3 is 2.69 bits per heavy atom. The van der Waals surface area contributed by atoms with Crippen molar-refractivity contribution in [3.63, 3.8) is 0 Å². The van der Waals surface area contributed by atoms with Crippen molar-refractivity contribution in [1.82, 2.24) is 0 Å². The van der Waals surface area contributed by atoms with E-state index in [0.717, 1.165) is 0 Å². The molecular formula is C8H7BrClNO2. The lowest BCUT2D eigenvalue weighted by atomic mass is 10.2. The van der Waals surface area contributed by atoms with Gasteiger partial charge in [-0.15, -0.1) is 0 Å². The molecule has 0 aromatic heterocycles. The number of benzene rings is 1. The number of carbonyl (C=O) groups excluding carboxylic acids is 1. The molecule has 0 fully saturated rings. The van der Waals surface area contributed by atoms with Crippen molar-refractivity contribution in [2.45, 2.75) is 0 Å². The second kappa shape index (κ2) is 3.98. The largest absolute Gasteiger partial charge is 0.494 e. The van der Waals surface area contributed by atoms with Gasteiger partial charge in [0.25, 0.3) is 5.91 Å². The van der Waals surface area contributed by atoms with Crippen LogP contribution in [-0.4, -0.2) is 13.0 Å². The molecule has 0 heterocycles. The summed E-state index contributed by atoms with van der Waals surface area (Å²) in [6.07, 6.45) is 0. The van der Waals surface area contributed by atoms with Crippen LogP contribution in [0.4, 0.5) is 0 Å². The molecule has 0 spiro atoms. The summed E-state index contributed by atoms with van der Waals surface area (Å²) in [5, 5.41) is 0.352. The van der Waals surface area contributed by atoms with E-state index in [4.69, 9.17) is 22.1 Å². The Labute approximate surface area is 88.9 Å². The van der Waals surface area contributed by atoms with Gasteiger partial charge in [0.05, 0.1) is 17.7 Å². The van der Waals surface area contributed by atoms with Crippen molar-refractivity contribution in [2.75, 3.05) is 7.11 Å². The van der Waals surface area contributed by atoms with E-state index in [2.05, 4.69) is 15.9 Å². The van der Waals surface area contributed by atoms with E-state index in [0.29, 0.717) is 15.2 Å². The molecule has 1 amide bonds. The molecule has 13 heavy (non-hydrogen) atoms. The van der Waals surface area contributed by atoms with Gasteiger partial charge in [-0.2, -0.15) is 0 Å². The van der Waals surface area contributed by atoms with E-state index >= 15 is 0 Å². The highest BCUT2D eigenvalue weighted by Gasteiger charge is 2.13. The molecule has 0 unspecified atom stereocenters. The molecule has 0 saturated carbocycles. The SMILES string of the molecule is COc1c(Cl)cc(Br)cc1C(N)=O. The van der Waals surface area contributed by atoms with Gasteiger partial charge in [0.2, 0.25) is 0 Å². The van der Waals surface area contributed by atoms with Crippen LogP contribution in [0.25, 0.3) is 0 Å². The monoisotopic (exact) mass is 263 g/mol. The second-order valence-electron chi connectivity index (χ2n) is 2.33. The quantitative estimate of drug-likeness (QED) is 0.890. The van der Waals surface area contributed by atoms with Crippen LogP contribution in [0.1, 0.15) is 10.4 Å². The molecule has 0 aliphatic rings. The van der Waals surface area contributed by atoms with Gasteiger partial charge in [-0.05, 0) is 12.1 Å². The van der Waals surface area contributed by atoms with Crippen LogP contribution in [0, 0.1) is 0 Å². The van der Waals surface area contributed by atoms with E-state index in [1.54, 1.807) is 12.1 Å². The normalized spacial score (nSPS) is 9.77. The van der Waals surface area contributed by atoms with Crippen molar-refractivity contribution < 1.29 is 9.53 Å². The first-order chi connectivity index (χ1) is 6.06. The van der Waals surface area contributed by atoms with Crippen LogP contribution in [0.3, 0.4) is 0 Å². The van der Waals surface area contributed by atoms with Crippen molar-refractivity contribution in [1.29, 1.82) is 0 Å². The maximum atomic E-state index is 10.9. The second-order valence-corrected chi connectivity index (χ2v) is 3.66. The molecular weight excluding hydrogens is 257 g/mol. The summed E-state index contributed by atoms with van der Waals surface area (Å²) < 4.78 is 5.63. The molecule has 1 rings (SSSR count). The molecule has 1 aromatic rings. The first kappa shape index (κ1) is 10.3. The standard InChI is InChI=1S/C8H7BrClNO2/c1-13-7-5(8(11)12)2-4(9)3-6(7)10/h2-3H,1H3,(H2,11,12). The van der Waals surface area contributed by atoms with Crippen LogP contribution >= 0.6 is 27.5 Å². The first-order valence-electron chi connectivity index (χ1n) is 3.39. The number of amides is 1. The Hall–Kier alpha value is -0.740. The summed E-state index contributed by atoms with van der Waals surface area (Å²) in [6, 6.07) is 3.19. The minimum absolute atomic E-state index is 0.266. The lowest BCUT2D eigenvalue weighted by Crippen LogP contribution is -2.12. The molecule has 5 heteroatoms. The van der Waals surface area contributed by atoms with Gasteiger partial charge in [0, 0.05) is 4.47 Å². The van der Waals surface area contributed by atoms with E-state index in [1.165, 1.54) is 7.11 Å². The lowest BCUT2D eigenvalue weighted by molar-refractivity contribution is 0.0997. The third-order valence-electron chi connectivity index (χ3n) is 1.48. The molecule has 3 nitrogen and oxygen atoms in total. The number of rotatable bonds is 2. The molecule has 0 aliphatic heterocycles. The van der Waals surface area contributed by atoms with Gasteiger partial charge < -0.3 is 10.5 Å². The zero-order valence-corrected chi connectivity index (χ0v) is 9.15. The fraction of sp³-hybridized carbons (Fsp3) is 0.125. The maximum absolute atomic E-state index is 10.9. The van der Waals surface area contributed by atoms with Crippen molar-refractivity contribution in [3.05, 3.63) is 27.2 Å². The predicted molar refractivity (Wildman–Crippen MR) is 54.2 cm³/mol. The lowest BCUT2D eigenvalue weighted by Gasteiger charge is -2.07. The minimum atomic E-state index is -0.569. The third kappa shape index (κ3) is 2.14. The molecule has 0 aliphatic carbocycles. The molecule has 2 N–H and O–H groups in total. The number of halogens is 2. The van der Waals surface area contributed by atoms with E-state index in [-0.39, 0.29) is 5.56 Å². The van der Waals surface area contributed by atoms with Crippen LogP contribution in [0.2, 0.25) is 5.02 Å². The number of methoxy groups -OCH3 is 1. The van der Waals surface area contributed by atoms with Crippen molar-refractivity contribution in [3.8, 4) is 5.75 Å². The van der Waals surface area contributed by atoms with Crippen molar-refractivity contribution >= 4 is 33.4 Å². The van der Waals surface area contributed by atoms with Gasteiger partial charge >= 0.3 is 0 Å². The highest BCUT2D eigenvalue weighted by Crippen LogP contribution is 2.31. The number of hydrogen-bond acceptors (Lipinski definition) is 2. The Kier molecular flexibility index (Phi) is 3.17. The summed E-state index contributed by atoms with van der Waals surface area (Å²) in [5.41, 5.74) is 5.40. The van der Waals surface area contributed by atoms with Crippen molar-refractivity contribution in [2.24, 2.45) is 5.73 Å². The van der Waals surface area contributed by atoms with E-state index < -0.39 is 5.91 Å². The fourth-order valence-electron chi connectivity index (χ4n) is 0.951. The Morgan fingerprint density at radius 1 is 1.62 bits per heavy atom. The maximum Gasteiger partial charge on any atom is 0.252 e. The number of nitrogens with two attached hydrogens (primary N) is 1. The van der Waals surface area contributed by atoms with E-state index in [1.807, 2.05) is 0 Å². The molecule has 70 valence electrons. The third-order valence-corrected chi connectivity index (χ3v) is 2.22. The highest BCUT2D eigenvalue weighted by molar-refractivity contribution is 9.10. The summed E-state index contributed by atoms with van der Waals surface area (Å²) in [7, 11) is 1.43. The van der Waals surface area contributed by atoms with Crippen LogP contribution in [0.5, 0.6) is 5.75 Å². The molecule has 0 bridgehead atoms. The zero-order chi connectivity index (χ0) is 10.0. The van der Waals surface area contributed by atoms with Crippen LogP contribution in [-0.2, 0) is 0 Å². The number of primary amides is 1. The predicted octanol–water partition coefficient (Wildman–Crippen LogP) is 2.21. The van der Waals surface area contributed by atoms with Gasteiger partial charge in [0.1, 0.15) is 5.75 Å². The van der Waals surface area contributed by atoms with Gasteiger partial charge in [-0.3, -0.25) is 4.79 Å². The topological polar surface area (TPSA) is 52.3 Å². The number of carbonyl (C=O) groups is 1. The summed E-state index contributed by atoms with van der Waals surface area (Å²) in [5.74, 6) is -0.266. The smallest absolute Gasteiger partial charge is 0.252 e. The van der Waals surface area contributed by atoms with E-state index in [9.17, 15) is 4.79 Å². The molecule has 0 saturated heterocycles. The molecule has 1 aromatic carbocycles. The summed E-state index contributed by atoms with van der Waals surface area (Å²) in [6.45, 7) is 0. The summed E-state index contributed by atoms with van der Waals surface area (Å²) in [4.78, 5) is 10.9. The van der Waals surface area contributed by atoms with Gasteiger partial charge in [-0.25, -0.2) is 0 Å². The first-order valence-corrected chi connectivity index (χ1v) is 4.56. The molecule has 0 atom stereocenters. The fourth-order valence-corrected chi connectivity index (χ4v) is 1.84.